The summed E-state index contributed by atoms with van der Waals surface area (Å²) in [6.45, 7) is 0. The number of rotatable bonds is 8. The van der Waals surface area contributed by atoms with Crippen LogP contribution in [0.4, 0.5) is 11.4 Å². The minimum Gasteiger partial charge on any atom is -0.444 e. The lowest BCUT2D eigenvalue weighted by molar-refractivity contribution is -0.384. The van der Waals surface area contributed by atoms with Crippen LogP contribution < -0.4 is 5.32 Å². The van der Waals surface area contributed by atoms with Crippen LogP contribution in [0.5, 0.6) is 0 Å². The molecule has 0 bridgehead atoms. The van der Waals surface area contributed by atoms with Crippen LogP contribution in [0.25, 0.3) is 0 Å². The average molecular weight is 584 g/mol. The summed E-state index contributed by atoms with van der Waals surface area (Å²) in [4.78, 5) is 50.5. The van der Waals surface area contributed by atoms with Crippen LogP contribution in [-0.2, 0) is 9.53 Å². The maximum Gasteiger partial charge on any atom is 0.340 e. The fraction of sp³-hybridized carbons (Fsp3) is 0.0357. The Bertz CT molecular complexity index is 1570. The zero-order valence-electron chi connectivity index (χ0n) is 19.8. The van der Waals surface area contributed by atoms with E-state index in [1.807, 2.05) is 0 Å². The van der Waals surface area contributed by atoms with Crippen molar-refractivity contribution in [2.75, 3.05) is 5.32 Å². The van der Waals surface area contributed by atoms with E-state index in [0.717, 1.165) is 6.07 Å². The van der Waals surface area contributed by atoms with Gasteiger partial charge < -0.3 is 10.1 Å². The lowest BCUT2D eigenvalue weighted by Crippen LogP contribution is -2.26. The molecule has 1 unspecified atom stereocenters. The molecule has 0 spiro atoms. The van der Waals surface area contributed by atoms with Crippen molar-refractivity contribution in [2.24, 2.45) is 0 Å². The quantitative estimate of drug-likeness (QED) is 0.101. The van der Waals surface area contributed by atoms with Gasteiger partial charge in [0.05, 0.1) is 10.5 Å². The third-order valence-corrected chi connectivity index (χ3v) is 6.25. The minimum atomic E-state index is -1.41. The van der Waals surface area contributed by atoms with Gasteiger partial charge >= 0.3 is 5.97 Å². The summed E-state index contributed by atoms with van der Waals surface area (Å²) in [6, 6.07) is 22.1. The highest BCUT2D eigenvalue weighted by Gasteiger charge is 2.28. The van der Waals surface area contributed by atoms with Gasteiger partial charge in [-0.15, -0.1) is 0 Å². The number of carbonyl (C=O) groups is 3. The molecule has 39 heavy (non-hydrogen) atoms. The Kier molecular flexibility index (Phi) is 8.61. The van der Waals surface area contributed by atoms with Crippen LogP contribution in [0.15, 0.2) is 91.0 Å². The second-order valence-electron chi connectivity index (χ2n) is 8.14. The molecule has 4 aromatic rings. The molecule has 1 amide bonds. The Labute approximate surface area is 237 Å². The van der Waals surface area contributed by atoms with Gasteiger partial charge in [0, 0.05) is 38.5 Å². The minimum absolute atomic E-state index is 0.0541. The number of nitrogens with one attached hydrogen (secondary N) is 1. The first-order valence-electron chi connectivity index (χ1n) is 11.2. The first-order chi connectivity index (χ1) is 18.6. The zero-order valence-corrected chi connectivity index (χ0v) is 22.0. The molecule has 0 aliphatic heterocycles. The van der Waals surface area contributed by atoms with Gasteiger partial charge in [0.2, 0.25) is 6.10 Å². The number of benzene rings is 4. The van der Waals surface area contributed by atoms with Crippen molar-refractivity contribution in [3.63, 3.8) is 0 Å². The van der Waals surface area contributed by atoms with Gasteiger partial charge in [-0.1, -0.05) is 83.3 Å². The number of amides is 1. The fourth-order valence-corrected chi connectivity index (χ4v) is 4.43. The van der Waals surface area contributed by atoms with E-state index < -0.39 is 34.4 Å². The van der Waals surface area contributed by atoms with E-state index in [1.165, 1.54) is 54.6 Å². The maximum atomic E-state index is 13.4. The van der Waals surface area contributed by atoms with Gasteiger partial charge in [0.25, 0.3) is 11.6 Å². The monoisotopic (exact) mass is 582 g/mol. The van der Waals surface area contributed by atoms with Gasteiger partial charge in [-0.25, -0.2) is 4.79 Å². The highest BCUT2D eigenvalue weighted by Crippen LogP contribution is 2.29. The summed E-state index contributed by atoms with van der Waals surface area (Å²) in [5.41, 5.74) is -0.0679. The molecule has 0 fully saturated rings. The molecule has 196 valence electrons. The highest BCUT2D eigenvalue weighted by molar-refractivity contribution is 6.35. The number of nitro benzene ring substituents is 1. The van der Waals surface area contributed by atoms with Crippen molar-refractivity contribution in [2.45, 2.75) is 6.10 Å². The van der Waals surface area contributed by atoms with Crippen LogP contribution in [0.2, 0.25) is 15.1 Å². The zero-order chi connectivity index (χ0) is 28.1. The Morgan fingerprint density at radius 3 is 2.05 bits per heavy atom. The highest BCUT2D eigenvalue weighted by atomic mass is 35.5. The normalized spacial score (nSPS) is 11.4. The smallest absolute Gasteiger partial charge is 0.340 e. The van der Waals surface area contributed by atoms with Crippen molar-refractivity contribution in [3.05, 3.63) is 138 Å². The first kappa shape index (κ1) is 27.8. The maximum absolute atomic E-state index is 13.4. The molecule has 1 N–H and O–H groups in total. The number of nitro groups is 1. The predicted octanol–water partition coefficient (Wildman–Crippen LogP) is 7.32. The first-order valence-corrected chi connectivity index (χ1v) is 12.4. The SMILES string of the molecule is O=C(OC(C(=O)Nc1cc(Cl)cc(Cl)c1)c1ccccc1)c1ccccc1C(=O)c1ccc(Cl)c([N+](=O)[O-])c1. The van der Waals surface area contributed by atoms with Gasteiger partial charge in [0.15, 0.2) is 5.78 Å². The molecule has 0 aliphatic rings. The Hall–Kier alpha value is -4.24. The number of esters is 1. The molecular weight excluding hydrogens is 567 g/mol. The van der Waals surface area contributed by atoms with Crippen molar-refractivity contribution >= 4 is 63.8 Å². The van der Waals surface area contributed by atoms with Crippen molar-refractivity contribution in [1.29, 1.82) is 0 Å². The lowest BCUT2D eigenvalue weighted by Gasteiger charge is -2.19. The third kappa shape index (κ3) is 6.61. The van der Waals surface area contributed by atoms with Crippen molar-refractivity contribution in [1.82, 2.24) is 0 Å². The van der Waals surface area contributed by atoms with E-state index in [1.54, 1.807) is 30.3 Å². The third-order valence-electron chi connectivity index (χ3n) is 5.49. The van der Waals surface area contributed by atoms with Crippen molar-refractivity contribution < 1.29 is 24.0 Å². The number of hydrogen-bond acceptors (Lipinski definition) is 6. The van der Waals surface area contributed by atoms with Crippen molar-refractivity contribution in [3.8, 4) is 0 Å². The van der Waals surface area contributed by atoms with E-state index in [0.29, 0.717) is 15.6 Å². The van der Waals surface area contributed by atoms with Crippen LogP contribution in [-0.4, -0.2) is 22.6 Å². The Morgan fingerprint density at radius 1 is 0.795 bits per heavy atom. The number of ether oxygens (including phenoxy) is 1. The van der Waals surface area contributed by atoms with E-state index in [-0.39, 0.29) is 27.4 Å². The largest absolute Gasteiger partial charge is 0.444 e. The van der Waals surface area contributed by atoms with Crippen LogP contribution in [0.3, 0.4) is 0 Å². The Morgan fingerprint density at radius 2 is 1.41 bits per heavy atom. The molecule has 0 aliphatic carbocycles. The molecule has 0 heterocycles. The van der Waals surface area contributed by atoms with Crippen LogP contribution >= 0.6 is 34.8 Å². The van der Waals surface area contributed by atoms with Gasteiger partial charge in [0.1, 0.15) is 5.02 Å². The molecule has 8 nitrogen and oxygen atoms in total. The summed E-state index contributed by atoms with van der Waals surface area (Å²) in [5, 5.41) is 14.4. The molecule has 1 atom stereocenters. The summed E-state index contributed by atoms with van der Waals surface area (Å²) in [6.07, 6.45) is -1.41. The van der Waals surface area contributed by atoms with E-state index in [2.05, 4.69) is 5.32 Å². The van der Waals surface area contributed by atoms with Gasteiger partial charge in [-0.3, -0.25) is 19.7 Å². The van der Waals surface area contributed by atoms with E-state index in [4.69, 9.17) is 39.5 Å². The number of ketones is 1. The molecule has 4 rings (SSSR count). The van der Waals surface area contributed by atoms with E-state index >= 15 is 0 Å². The molecule has 0 aromatic heterocycles. The van der Waals surface area contributed by atoms with E-state index in [9.17, 15) is 24.5 Å². The molecule has 0 saturated heterocycles. The standard InChI is InChI=1S/C28H17Cl3N2O6/c29-18-13-19(30)15-20(14-18)32-27(35)26(16-6-2-1-3-7-16)39-28(36)22-9-5-4-8-21(22)25(34)17-10-11-23(31)24(12-17)33(37)38/h1-15,26H,(H,32,35). The molecular formula is C28H17Cl3N2O6. The molecule has 0 saturated carbocycles. The molecule has 11 heteroatoms. The number of carbonyl (C=O) groups excluding carboxylic acids is 3. The number of halogens is 3. The summed E-state index contributed by atoms with van der Waals surface area (Å²) in [5.74, 6) is -2.32. The molecule has 0 radical (unpaired) electrons. The second kappa shape index (κ2) is 12.1. The van der Waals surface area contributed by atoms with Gasteiger partial charge in [-0.05, 0) is 36.4 Å². The second-order valence-corrected chi connectivity index (χ2v) is 9.42. The lowest BCUT2D eigenvalue weighted by atomic mass is 9.98. The number of nitrogens with zero attached hydrogens (tertiary/aromatic N) is 1. The average Bonchev–Trinajstić information content (AvgIpc) is 2.91. The fourth-order valence-electron chi connectivity index (χ4n) is 3.71. The van der Waals surface area contributed by atoms with Gasteiger partial charge in [-0.2, -0.15) is 0 Å². The summed E-state index contributed by atoms with van der Waals surface area (Å²) in [7, 11) is 0. The number of anilines is 1. The van der Waals surface area contributed by atoms with Crippen LogP contribution in [0.1, 0.15) is 37.9 Å². The topological polar surface area (TPSA) is 116 Å². The molecule has 4 aromatic carbocycles. The number of hydrogen-bond donors (Lipinski definition) is 1. The van der Waals surface area contributed by atoms with Crippen LogP contribution in [0, 0.1) is 10.1 Å². The summed E-state index contributed by atoms with van der Waals surface area (Å²) >= 11 is 17.9. The predicted molar refractivity (Wildman–Crippen MR) is 148 cm³/mol. The summed E-state index contributed by atoms with van der Waals surface area (Å²) < 4.78 is 5.63. The Balaban J connectivity index is 1.66.